The Bertz CT molecular complexity index is 1440. The minimum atomic E-state index is -0.475. The number of hydrogen-bond donors (Lipinski definition) is 1. The van der Waals surface area contributed by atoms with Gasteiger partial charge in [0.25, 0.3) is 5.56 Å². The van der Waals surface area contributed by atoms with E-state index in [1.807, 2.05) is 13.8 Å². The lowest BCUT2D eigenvalue weighted by Crippen LogP contribution is -2.29. The van der Waals surface area contributed by atoms with Crippen molar-refractivity contribution in [2.75, 3.05) is 12.1 Å². The number of thiophene rings is 1. The molecule has 0 spiro atoms. The Hall–Kier alpha value is -3.60. The van der Waals surface area contributed by atoms with Crippen molar-refractivity contribution in [1.29, 1.82) is 0 Å². The number of anilines is 1. The zero-order valence-electron chi connectivity index (χ0n) is 16.8. The van der Waals surface area contributed by atoms with Gasteiger partial charge in [-0.1, -0.05) is 13.8 Å². The summed E-state index contributed by atoms with van der Waals surface area (Å²) >= 11 is 1.28. The molecule has 5 rings (SSSR count). The average molecular weight is 441 g/mol. The topological polar surface area (TPSA) is 109 Å². The first-order chi connectivity index (χ1) is 14.9. The molecule has 3 aromatic heterocycles. The molecule has 4 aromatic rings. The Morgan fingerprint density at radius 1 is 1.23 bits per heavy atom. The number of ether oxygens (including phenoxy) is 2. The van der Waals surface area contributed by atoms with Crippen molar-refractivity contribution >= 4 is 38.9 Å². The number of benzene rings is 1. The van der Waals surface area contributed by atoms with Crippen molar-refractivity contribution in [2.45, 2.75) is 26.9 Å². The maximum atomic E-state index is 13.1. The number of rotatable bonds is 5. The lowest BCUT2D eigenvalue weighted by molar-refractivity contribution is -0.117. The van der Waals surface area contributed by atoms with Gasteiger partial charge < -0.3 is 14.8 Å². The predicted molar refractivity (Wildman–Crippen MR) is 115 cm³/mol. The van der Waals surface area contributed by atoms with E-state index < -0.39 is 11.6 Å². The van der Waals surface area contributed by atoms with Gasteiger partial charge in [-0.15, -0.1) is 16.4 Å². The van der Waals surface area contributed by atoms with Crippen LogP contribution in [0, 0.1) is 5.92 Å². The van der Waals surface area contributed by atoms with Gasteiger partial charge in [0.1, 0.15) is 11.2 Å². The molecule has 0 atom stereocenters. The van der Waals surface area contributed by atoms with Crippen LogP contribution in [0.2, 0.25) is 0 Å². The monoisotopic (exact) mass is 441 g/mol. The summed E-state index contributed by atoms with van der Waals surface area (Å²) in [4.78, 5) is 38.6. The summed E-state index contributed by atoms with van der Waals surface area (Å²) in [5, 5.41) is 8.82. The first-order valence-electron chi connectivity index (χ1n) is 9.71. The molecule has 0 saturated carbocycles. The third-order valence-corrected chi connectivity index (χ3v) is 5.78. The van der Waals surface area contributed by atoms with E-state index in [2.05, 4.69) is 10.4 Å². The van der Waals surface area contributed by atoms with E-state index in [1.54, 1.807) is 29.6 Å². The molecule has 0 bridgehead atoms. The summed E-state index contributed by atoms with van der Waals surface area (Å²) in [7, 11) is 0. The molecule has 0 radical (unpaired) electrons. The van der Waals surface area contributed by atoms with Crippen LogP contribution in [0.15, 0.2) is 39.2 Å². The zero-order valence-corrected chi connectivity index (χ0v) is 17.6. The molecule has 31 heavy (non-hydrogen) atoms. The Kier molecular flexibility index (Phi) is 4.54. The van der Waals surface area contributed by atoms with Crippen LogP contribution < -0.4 is 26.0 Å². The van der Waals surface area contributed by atoms with Crippen LogP contribution in [-0.2, 0) is 17.9 Å². The number of fused-ring (bicyclic) bond motifs is 4. The van der Waals surface area contributed by atoms with Gasteiger partial charge in [0.15, 0.2) is 11.5 Å². The average Bonchev–Trinajstić information content (AvgIpc) is 3.44. The van der Waals surface area contributed by atoms with Crippen molar-refractivity contribution in [3.8, 4) is 11.5 Å². The van der Waals surface area contributed by atoms with E-state index in [4.69, 9.17) is 9.47 Å². The summed E-state index contributed by atoms with van der Waals surface area (Å²) in [6, 6.07) is 6.76. The second-order valence-corrected chi connectivity index (χ2v) is 8.55. The van der Waals surface area contributed by atoms with Crippen LogP contribution >= 0.6 is 11.3 Å². The number of hydrogen-bond acceptors (Lipinski definition) is 7. The SMILES string of the molecule is CC(C)Cn1c(=O)c2sccc2n2c(=O)n(CC(=O)Nc3ccc4c(c3)OCO4)nc12. The standard InChI is InChI=1S/C20H19N5O5S/c1-11(2)8-23-18(27)17-13(5-6-31-17)25-19(23)22-24(20(25)28)9-16(26)21-12-3-4-14-15(7-12)30-10-29-14/h3-7,11H,8-10H2,1-2H3,(H,21,26). The molecule has 0 fully saturated rings. The summed E-state index contributed by atoms with van der Waals surface area (Å²) < 4.78 is 15.0. The lowest BCUT2D eigenvalue weighted by Gasteiger charge is -2.09. The quantitative estimate of drug-likeness (QED) is 0.507. The summed E-state index contributed by atoms with van der Waals surface area (Å²) in [6.45, 7) is 4.22. The van der Waals surface area contributed by atoms with Gasteiger partial charge in [-0.2, -0.15) is 0 Å². The lowest BCUT2D eigenvalue weighted by atomic mass is 10.2. The second kappa shape index (κ2) is 7.27. The minimum Gasteiger partial charge on any atom is -0.454 e. The molecule has 0 unspecified atom stereocenters. The molecule has 10 nitrogen and oxygen atoms in total. The number of aromatic nitrogens is 4. The number of nitrogens with zero attached hydrogens (tertiary/aromatic N) is 4. The molecule has 1 aliphatic rings. The van der Waals surface area contributed by atoms with Crippen LogP contribution in [0.25, 0.3) is 16.0 Å². The van der Waals surface area contributed by atoms with E-state index in [0.29, 0.717) is 33.9 Å². The molecule has 1 aliphatic heterocycles. The summed E-state index contributed by atoms with van der Waals surface area (Å²) in [6.07, 6.45) is 0. The molecule has 1 aromatic carbocycles. The molecule has 1 N–H and O–H groups in total. The summed E-state index contributed by atoms with van der Waals surface area (Å²) in [5.41, 5.74) is 0.352. The Morgan fingerprint density at radius 3 is 2.84 bits per heavy atom. The van der Waals surface area contributed by atoms with Gasteiger partial charge in [-0.05, 0) is 29.5 Å². The van der Waals surface area contributed by atoms with Crippen molar-refractivity contribution in [2.24, 2.45) is 5.92 Å². The largest absolute Gasteiger partial charge is 0.454 e. The van der Waals surface area contributed by atoms with Gasteiger partial charge in [0.2, 0.25) is 18.5 Å². The number of nitrogens with one attached hydrogen (secondary N) is 1. The van der Waals surface area contributed by atoms with Crippen LogP contribution in [-0.4, -0.2) is 31.4 Å². The van der Waals surface area contributed by atoms with Crippen LogP contribution in [0.1, 0.15) is 13.8 Å². The third-order valence-electron chi connectivity index (χ3n) is 4.89. The van der Waals surface area contributed by atoms with E-state index >= 15 is 0 Å². The smallest absolute Gasteiger partial charge is 0.352 e. The van der Waals surface area contributed by atoms with Gasteiger partial charge in [0, 0.05) is 18.3 Å². The molecular weight excluding hydrogens is 422 g/mol. The molecule has 1 amide bonds. The fourth-order valence-corrected chi connectivity index (χ4v) is 4.40. The fraction of sp³-hybridized carbons (Fsp3) is 0.300. The van der Waals surface area contributed by atoms with Crippen molar-refractivity contribution in [3.05, 3.63) is 50.5 Å². The van der Waals surface area contributed by atoms with Gasteiger partial charge in [-0.3, -0.25) is 14.2 Å². The van der Waals surface area contributed by atoms with Crippen molar-refractivity contribution < 1.29 is 14.3 Å². The van der Waals surface area contributed by atoms with Gasteiger partial charge in [-0.25, -0.2) is 13.9 Å². The fourth-order valence-electron chi connectivity index (χ4n) is 3.58. The van der Waals surface area contributed by atoms with E-state index in [0.717, 1.165) is 4.68 Å². The first kappa shape index (κ1) is 19.4. The van der Waals surface area contributed by atoms with Crippen LogP contribution in [0.4, 0.5) is 5.69 Å². The molecule has 0 saturated heterocycles. The van der Waals surface area contributed by atoms with Crippen LogP contribution in [0.3, 0.4) is 0 Å². The Morgan fingerprint density at radius 2 is 2.03 bits per heavy atom. The Balaban J connectivity index is 1.51. The van der Waals surface area contributed by atoms with E-state index in [9.17, 15) is 14.4 Å². The second-order valence-electron chi connectivity index (χ2n) is 7.64. The molecule has 0 aliphatic carbocycles. The number of carbonyl (C=O) groups is 1. The highest BCUT2D eigenvalue weighted by molar-refractivity contribution is 7.17. The maximum Gasteiger partial charge on any atom is 0.352 e. The van der Waals surface area contributed by atoms with Crippen molar-refractivity contribution in [1.82, 2.24) is 18.7 Å². The van der Waals surface area contributed by atoms with E-state index in [-0.39, 0.29) is 30.6 Å². The van der Waals surface area contributed by atoms with E-state index in [1.165, 1.54) is 20.3 Å². The highest BCUT2D eigenvalue weighted by atomic mass is 32.1. The van der Waals surface area contributed by atoms with Gasteiger partial charge >= 0.3 is 5.69 Å². The molecule has 160 valence electrons. The molecular formula is C20H19N5O5S. The predicted octanol–water partition coefficient (Wildman–Crippen LogP) is 1.90. The highest BCUT2D eigenvalue weighted by Gasteiger charge is 2.20. The molecule has 11 heteroatoms. The maximum absolute atomic E-state index is 13.1. The summed E-state index contributed by atoms with van der Waals surface area (Å²) in [5.74, 6) is 1.13. The number of carbonyl (C=O) groups excluding carboxylic acids is 1. The molecule has 4 heterocycles. The first-order valence-corrected chi connectivity index (χ1v) is 10.6. The third kappa shape index (κ3) is 3.26. The number of amides is 1. The highest BCUT2D eigenvalue weighted by Crippen LogP contribution is 2.34. The normalized spacial score (nSPS) is 12.9. The Labute approximate surface area is 179 Å². The zero-order chi connectivity index (χ0) is 21.7. The van der Waals surface area contributed by atoms with Crippen LogP contribution in [0.5, 0.6) is 11.5 Å². The van der Waals surface area contributed by atoms with Gasteiger partial charge in [0.05, 0.1) is 5.52 Å². The minimum absolute atomic E-state index is 0.137. The van der Waals surface area contributed by atoms with Crippen molar-refractivity contribution in [3.63, 3.8) is 0 Å².